The van der Waals surface area contributed by atoms with Crippen LogP contribution >= 0.6 is 0 Å². The summed E-state index contributed by atoms with van der Waals surface area (Å²) in [5, 5.41) is 3.53. The SMILES string of the molecule is CC(C)Oc1cncc(N2CCCCC3(CCNC3)C2)n1. The summed E-state index contributed by atoms with van der Waals surface area (Å²) in [6.45, 7) is 8.47. The van der Waals surface area contributed by atoms with Gasteiger partial charge in [-0.25, -0.2) is 0 Å². The van der Waals surface area contributed by atoms with Crippen LogP contribution in [0.5, 0.6) is 5.88 Å². The van der Waals surface area contributed by atoms with Crippen molar-refractivity contribution in [3.05, 3.63) is 12.4 Å². The third-order valence-corrected chi connectivity index (χ3v) is 4.52. The highest BCUT2D eigenvalue weighted by Gasteiger charge is 2.37. The van der Waals surface area contributed by atoms with Crippen LogP contribution in [0.3, 0.4) is 0 Å². The minimum absolute atomic E-state index is 0.129. The van der Waals surface area contributed by atoms with Crippen LogP contribution in [0.4, 0.5) is 5.82 Å². The third kappa shape index (κ3) is 3.46. The van der Waals surface area contributed by atoms with Gasteiger partial charge in [0.1, 0.15) is 0 Å². The van der Waals surface area contributed by atoms with E-state index in [0.717, 1.165) is 32.0 Å². The van der Waals surface area contributed by atoms with Crippen LogP contribution < -0.4 is 15.0 Å². The van der Waals surface area contributed by atoms with Crippen LogP contribution in [0.25, 0.3) is 0 Å². The molecule has 2 aliphatic heterocycles. The Morgan fingerprint density at radius 3 is 2.95 bits per heavy atom. The fraction of sp³-hybridized carbons (Fsp3) is 0.750. The molecule has 21 heavy (non-hydrogen) atoms. The molecule has 1 atom stereocenters. The van der Waals surface area contributed by atoms with Crippen molar-refractivity contribution >= 4 is 5.82 Å². The molecule has 0 saturated carbocycles. The zero-order valence-electron chi connectivity index (χ0n) is 13.1. The van der Waals surface area contributed by atoms with Crippen LogP contribution in [0.2, 0.25) is 0 Å². The molecule has 0 amide bonds. The van der Waals surface area contributed by atoms with Crippen molar-refractivity contribution in [2.24, 2.45) is 5.41 Å². The van der Waals surface area contributed by atoms with Gasteiger partial charge in [0.05, 0.1) is 18.5 Å². The van der Waals surface area contributed by atoms with Crippen LogP contribution in [0.1, 0.15) is 39.5 Å². The lowest BCUT2D eigenvalue weighted by molar-refractivity contribution is 0.231. The van der Waals surface area contributed by atoms with E-state index < -0.39 is 0 Å². The van der Waals surface area contributed by atoms with Crippen molar-refractivity contribution in [1.82, 2.24) is 15.3 Å². The molecule has 2 aliphatic rings. The van der Waals surface area contributed by atoms with Gasteiger partial charge in [-0.1, -0.05) is 6.42 Å². The molecular weight excluding hydrogens is 264 g/mol. The summed E-state index contributed by atoms with van der Waals surface area (Å²) < 4.78 is 5.68. The van der Waals surface area contributed by atoms with Gasteiger partial charge in [0, 0.05) is 25.0 Å². The van der Waals surface area contributed by atoms with Gasteiger partial charge < -0.3 is 15.0 Å². The molecule has 1 aromatic heterocycles. The zero-order valence-corrected chi connectivity index (χ0v) is 13.1. The van der Waals surface area contributed by atoms with E-state index in [1.807, 2.05) is 20.0 Å². The van der Waals surface area contributed by atoms with Crippen LogP contribution in [0, 0.1) is 5.41 Å². The minimum atomic E-state index is 0.129. The monoisotopic (exact) mass is 290 g/mol. The summed E-state index contributed by atoms with van der Waals surface area (Å²) >= 11 is 0. The first-order valence-corrected chi connectivity index (χ1v) is 8.11. The molecule has 1 aromatic rings. The van der Waals surface area contributed by atoms with E-state index in [0.29, 0.717) is 11.3 Å². The van der Waals surface area contributed by atoms with E-state index in [9.17, 15) is 0 Å². The maximum atomic E-state index is 5.68. The van der Waals surface area contributed by atoms with Gasteiger partial charge in [0.2, 0.25) is 5.88 Å². The summed E-state index contributed by atoms with van der Waals surface area (Å²) in [4.78, 5) is 11.4. The molecule has 2 saturated heterocycles. The average molecular weight is 290 g/mol. The molecule has 0 radical (unpaired) electrons. The van der Waals surface area contributed by atoms with Crippen LogP contribution in [-0.2, 0) is 0 Å². The predicted molar refractivity (Wildman–Crippen MR) is 83.8 cm³/mol. The first-order chi connectivity index (χ1) is 10.2. The topological polar surface area (TPSA) is 50.3 Å². The Labute approximate surface area is 127 Å². The van der Waals surface area contributed by atoms with Crippen LogP contribution in [0.15, 0.2) is 12.4 Å². The van der Waals surface area contributed by atoms with E-state index in [1.165, 1.54) is 25.7 Å². The molecule has 0 aliphatic carbocycles. The van der Waals surface area contributed by atoms with E-state index >= 15 is 0 Å². The molecule has 116 valence electrons. The van der Waals surface area contributed by atoms with Crippen LogP contribution in [-0.4, -0.2) is 42.3 Å². The summed E-state index contributed by atoms with van der Waals surface area (Å²) in [6.07, 6.45) is 8.85. The van der Waals surface area contributed by atoms with E-state index in [-0.39, 0.29) is 6.10 Å². The molecule has 1 N–H and O–H groups in total. The van der Waals surface area contributed by atoms with Crippen molar-refractivity contribution in [2.45, 2.75) is 45.6 Å². The van der Waals surface area contributed by atoms with Gasteiger partial charge in [-0.05, 0) is 39.7 Å². The Morgan fingerprint density at radius 1 is 1.29 bits per heavy atom. The number of nitrogens with zero attached hydrogens (tertiary/aromatic N) is 3. The highest BCUT2D eigenvalue weighted by Crippen LogP contribution is 2.36. The van der Waals surface area contributed by atoms with E-state index in [4.69, 9.17) is 4.74 Å². The molecule has 3 heterocycles. The lowest BCUT2D eigenvalue weighted by atomic mass is 9.82. The lowest BCUT2D eigenvalue weighted by Gasteiger charge is -2.32. The maximum absolute atomic E-state index is 5.68. The number of rotatable bonds is 3. The van der Waals surface area contributed by atoms with Gasteiger partial charge in [0.15, 0.2) is 5.82 Å². The highest BCUT2D eigenvalue weighted by atomic mass is 16.5. The molecule has 2 fully saturated rings. The average Bonchev–Trinajstić information content (AvgIpc) is 2.79. The van der Waals surface area contributed by atoms with Crippen molar-refractivity contribution < 1.29 is 4.74 Å². The largest absolute Gasteiger partial charge is 0.474 e. The quantitative estimate of drug-likeness (QED) is 0.925. The van der Waals surface area contributed by atoms with E-state index in [2.05, 4.69) is 20.2 Å². The van der Waals surface area contributed by atoms with Crippen molar-refractivity contribution in [3.8, 4) is 5.88 Å². The first-order valence-electron chi connectivity index (χ1n) is 8.11. The molecule has 0 bridgehead atoms. The van der Waals surface area contributed by atoms with Crippen molar-refractivity contribution in [1.29, 1.82) is 0 Å². The third-order valence-electron chi connectivity index (χ3n) is 4.52. The van der Waals surface area contributed by atoms with Gasteiger partial charge in [-0.15, -0.1) is 0 Å². The molecule has 5 nitrogen and oxygen atoms in total. The minimum Gasteiger partial charge on any atom is -0.474 e. The van der Waals surface area contributed by atoms with Gasteiger partial charge in [-0.2, -0.15) is 4.98 Å². The lowest BCUT2D eigenvalue weighted by Crippen LogP contribution is -2.38. The summed E-state index contributed by atoms with van der Waals surface area (Å²) in [6, 6.07) is 0. The number of aromatic nitrogens is 2. The molecule has 1 spiro atoms. The Morgan fingerprint density at radius 2 is 2.19 bits per heavy atom. The Kier molecular flexibility index (Phi) is 4.29. The fourth-order valence-corrected chi connectivity index (χ4v) is 3.49. The summed E-state index contributed by atoms with van der Waals surface area (Å²) in [5.41, 5.74) is 0.424. The second kappa shape index (κ2) is 6.18. The number of anilines is 1. The standard InChI is InChI=1S/C16H26N4O/c1-13(2)21-15-10-18-9-14(19-15)20-8-4-3-5-16(12-20)6-7-17-11-16/h9-10,13,17H,3-8,11-12H2,1-2H3. The van der Waals surface area contributed by atoms with Gasteiger partial charge in [0.25, 0.3) is 0 Å². The van der Waals surface area contributed by atoms with Crippen molar-refractivity contribution in [2.75, 3.05) is 31.1 Å². The molecule has 5 heteroatoms. The second-order valence-electron chi connectivity index (χ2n) is 6.69. The van der Waals surface area contributed by atoms with Crippen molar-refractivity contribution in [3.63, 3.8) is 0 Å². The Balaban J connectivity index is 1.78. The van der Waals surface area contributed by atoms with Gasteiger partial charge in [-0.3, -0.25) is 4.98 Å². The number of ether oxygens (including phenoxy) is 1. The predicted octanol–water partition coefficient (Wildman–Crippen LogP) is 2.23. The number of hydrogen-bond donors (Lipinski definition) is 1. The highest BCUT2D eigenvalue weighted by molar-refractivity contribution is 5.38. The second-order valence-corrected chi connectivity index (χ2v) is 6.69. The molecule has 3 rings (SSSR count). The maximum Gasteiger partial charge on any atom is 0.234 e. The Hall–Kier alpha value is -1.36. The zero-order chi connectivity index (χ0) is 14.7. The smallest absolute Gasteiger partial charge is 0.234 e. The normalized spacial score (nSPS) is 26.3. The van der Waals surface area contributed by atoms with Gasteiger partial charge >= 0.3 is 0 Å². The molecular formula is C16H26N4O. The summed E-state index contributed by atoms with van der Waals surface area (Å²) in [7, 11) is 0. The molecule has 0 aromatic carbocycles. The number of nitrogens with one attached hydrogen (secondary N) is 1. The van der Waals surface area contributed by atoms with E-state index in [1.54, 1.807) is 6.20 Å². The summed E-state index contributed by atoms with van der Waals surface area (Å²) in [5.74, 6) is 1.59. The number of hydrogen-bond acceptors (Lipinski definition) is 5. The molecule has 1 unspecified atom stereocenters. The first kappa shape index (κ1) is 14.6. The fourth-order valence-electron chi connectivity index (χ4n) is 3.49. The Bertz CT molecular complexity index is 471.